The van der Waals surface area contributed by atoms with Gasteiger partial charge in [-0.25, -0.2) is 0 Å². The van der Waals surface area contributed by atoms with Gasteiger partial charge in [-0.2, -0.15) is 0 Å². The van der Waals surface area contributed by atoms with E-state index in [-0.39, 0.29) is 0 Å². The number of nitrogens with one attached hydrogen (secondary N) is 1. The van der Waals surface area contributed by atoms with Crippen LogP contribution < -0.4 is 10.6 Å². The summed E-state index contributed by atoms with van der Waals surface area (Å²) in [4.78, 5) is 2.30. The molecule has 0 heterocycles. The van der Waals surface area contributed by atoms with Crippen LogP contribution in [0.1, 0.15) is 19.4 Å². The van der Waals surface area contributed by atoms with Crippen LogP contribution in [0, 0.1) is 0 Å². The molecule has 0 aliphatic heterocycles. The zero-order chi connectivity index (χ0) is 9.68. The average molecular weight is 177 g/mol. The Morgan fingerprint density at radius 3 is 2.00 bits per heavy atom. The number of anilines is 1. The van der Waals surface area contributed by atoms with Crippen LogP contribution in [0.4, 0.5) is 5.69 Å². The molecule has 2 heteroatoms. The second kappa shape index (κ2) is 4.87. The third-order valence-corrected chi connectivity index (χ3v) is 2.27. The van der Waals surface area contributed by atoms with E-state index in [0.29, 0.717) is 6.54 Å². The fourth-order valence-corrected chi connectivity index (χ4v) is 1.41. The number of hydrogen-bond donors (Lipinski definition) is 0. The minimum absolute atomic E-state index is 0.374. The third kappa shape index (κ3) is 2.46. The van der Waals surface area contributed by atoms with Gasteiger partial charge >= 0.3 is 0 Å². The molecule has 0 unspecified atom stereocenters. The van der Waals surface area contributed by atoms with E-state index in [1.807, 2.05) is 12.1 Å². The zero-order valence-electron chi connectivity index (χ0n) is 8.38. The molecule has 2 nitrogen and oxygen atoms in total. The molecular formula is C11H17N2. The van der Waals surface area contributed by atoms with E-state index in [4.69, 9.17) is 5.73 Å². The largest absolute Gasteiger partial charge is 0.372 e. The maximum atomic E-state index is 7.20. The Morgan fingerprint density at radius 1 is 1.08 bits per heavy atom. The molecule has 0 spiro atoms. The summed E-state index contributed by atoms with van der Waals surface area (Å²) in [5.74, 6) is 0. The Balaban J connectivity index is 2.78. The van der Waals surface area contributed by atoms with Crippen molar-refractivity contribution in [3.63, 3.8) is 0 Å². The van der Waals surface area contributed by atoms with Gasteiger partial charge in [-0.1, -0.05) is 12.1 Å². The fourth-order valence-electron chi connectivity index (χ4n) is 1.41. The smallest absolute Gasteiger partial charge is 0.0366 e. The Labute approximate surface area is 80.4 Å². The average Bonchev–Trinajstić information content (AvgIpc) is 2.21. The van der Waals surface area contributed by atoms with Crippen LogP contribution in [-0.4, -0.2) is 13.1 Å². The highest BCUT2D eigenvalue weighted by atomic mass is 15.1. The highest BCUT2D eigenvalue weighted by molar-refractivity contribution is 5.47. The molecule has 1 aromatic rings. The molecule has 0 saturated carbocycles. The maximum absolute atomic E-state index is 7.20. The SMILES string of the molecule is CCN(CC)c1ccc(C[NH])cc1. The van der Waals surface area contributed by atoms with E-state index in [9.17, 15) is 0 Å². The van der Waals surface area contributed by atoms with Gasteiger partial charge in [0.1, 0.15) is 0 Å². The van der Waals surface area contributed by atoms with Crippen LogP contribution in [0.5, 0.6) is 0 Å². The normalized spacial score (nSPS) is 10.1. The first kappa shape index (κ1) is 10.1. The van der Waals surface area contributed by atoms with Crippen LogP contribution in [-0.2, 0) is 6.54 Å². The van der Waals surface area contributed by atoms with Crippen LogP contribution in [0.15, 0.2) is 24.3 Å². The Bertz CT molecular complexity index is 237. The minimum atomic E-state index is 0.374. The zero-order valence-corrected chi connectivity index (χ0v) is 8.38. The van der Waals surface area contributed by atoms with Gasteiger partial charge in [-0.3, -0.25) is 5.73 Å². The van der Waals surface area contributed by atoms with Crippen molar-refractivity contribution < 1.29 is 0 Å². The molecule has 0 saturated heterocycles. The van der Waals surface area contributed by atoms with Gasteiger partial charge in [0, 0.05) is 25.3 Å². The van der Waals surface area contributed by atoms with Crippen molar-refractivity contribution in [2.24, 2.45) is 0 Å². The van der Waals surface area contributed by atoms with E-state index < -0.39 is 0 Å². The summed E-state index contributed by atoms with van der Waals surface area (Å²) >= 11 is 0. The molecule has 0 aliphatic carbocycles. The van der Waals surface area contributed by atoms with E-state index in [2.05, 4.69) is 30.9 Å². The minimum Gasteiger partial charge on any atom is -0.372 e. The molecule has 1 rings (SSSR count). The molecule has 1 aromatic carbocycles. The van der Waals surface area contributed by atoms with E-state index in [0.717, 1.165) is 18.7 Å². The molecule has 0 aromatic heterocycles. The standard InChI is InChI=1S/C11H17N2/c1-3-13(4-2)11-7-5-10(9-12)6-8-11/h5-8,12H,3-4,9H2,1-2H3. The molecule has 13 heavy (non-hydrogen) atoms. The van der Waals surface area contributed by atoms with Crippen molar-refractivity contribution in [2.45, 2.75) is 20.4 Å². The molecule has 0 bridgehead atoms. The Kier molecular flexibility index (Phi) is 3.77. The summed E-state index contributed by atoms with van der Waals surface area (Å²) < 4.78 is 0. The second-order valence-electron chi connectivity index (χ2n) is 3.02. The maximum Gasteiger partial charge on any atom is 0.0366 e. The van der Waals surface area contributed by atoms with Crippen molar-refractivity contribution in [1.82, 2.24) is 5.73 Å². The lowest BCUT2D eigenvalue weighted by Gasteiger charge is -2.20. The monoisotopic (exact) mass is 177 g/mol. The molecular weight excluding hydrogens is 160 g/mol. The van der Waals surface area contributed by atoms with Crippen LogP contribution in [0.25, 0.3) is 0 Å². The van der Waals surface area contributed by atoms with E-state index >= 15 is 0 Å². The summed E-state index contributed by atoms with van der Waals surface area (Å²) in [7, 11) is 0. The summed E-state index contributed by atoms with van der Waals surface area (Å²) in [5, 5.41) is 0. The van der Waals surface area contributed by atoms with Crippen molar-refractivity contribution >= 4 is 5.69 Å². The topological polar surface area (TPSA) is 27.0 Å². The molecule has 71 valence electrons. The first-order valence-corrected chi connectivity index (χ1v) is 4.80. The lowest BCUT2D eigenvalue weighted by molar-refractivity contribution is 0.865. The Morgan fingerprint density at radius 2 is 1.62 bits per heavy atom. The van der Waals surface area contributed by atoms with Crippen molar-refractivity contribution in [2.75, 3.05) is 18.0 Å². The highest BCUT2D eigenvalue weighted by Gasteiger charge is 1.99. The van der Waals surface area contributed by atoms with Gasteiger partial charge < -0.3 is 4.90 Å². The number of nitrogens with zero attached hydrogens (tertiary/aromatic N) is 1. The fraction of sp³-hybridized carbons (Fsp3) is 0.455. The molecule has 0 atom stereocenters. The first-order chi connectivity index (χ1) is 6.31. The van der Waals surface area contributed by atoms with Crippen molar-refractivity contribution in [3.05, 3.63) is 29.8 Å². The van der Waals surface area contributed by atoms with E-state index in [1.165, 1.54) is 5.69 Å². The summed E-state index contributed by atoms with van der Waals surface area (Å²) in [6.45, 7) is 6.76. The van der Waals surface area contributed by atoms with Crippen molar-refractivity contribution in [1.29, 1.82) is 0 Å². The number of hydrogen-bond acceptors (Lipinski definition) is 1. The predicted octanol–water partition coefficient (Wildman–Crippen LogP) is 2.32. The van der Waals surface area contributed by atoms with Crippen LogP contribution in [0.3, 0.4) is 0 Å². The van der Waals surface area contributed by atoms with Crippen LogP contribution >= 0.6 is 0 Å². The quantitative estimate of drug-likeness (QED) is 0.693. The van der Waals surface area contributed by atoms with Gasteiger partial charge in [0.25, 0.3) is 0 Å². The Hall–Kier alpha value is -1.02. The number of rotatable bonds is 4. The lowest BCUT2D eigenvalue weighted by atomic mass is 10.2. The van der Waals surface area contributed by atoms with Crippen LogP contribution in [0.2, 0.25) is 0 Å². The van der Waals surface area contributed by atoms with Crippen molar-refractivity contribution in [3.8, 4) is 0 Å². The lowest BCUT2D eigenvalue weighted by Crippen LogP contribution is -2.21. The van der Waals surface area contributed by atoms with Gasteiger partial charge in [-0.15, -0.1) is 0 Å². The molecule has 0 fully saturated rings. The van der Waals surface area contributed by atoms with Gasteiger partial charge in [0.05, 0.1) is 0 Å². The molecule has 1 radical (unpaired) electrons. The summed E-state index contributed by atoms with van der Waals surface area (Å²) in [6, 6.07) is 8.25. The summed E-state index contributed by atoms with van der Waals surface area (Å²) in [6.07, 6.45) is 0. The van der Waals surface area contributed by atoms with Gasteiger partial charge in [-0.05, 0) is 31.5 Å². The van der Waals surface area contributed by atoms with Gasteiger partial charge in [0.2, 0.25) is 0 Å². The first-order valence-electron chi connectivity index (χ1n) is 4.80. The molecule has 0 amide bonds. The second-order valence-corrected chi connectivity index (χ2v) is 3.02. The molecule has 0 aliphatic rings. The predicted molar refractivity (Wildman–Crippen MR) is 56.8 cm³/mol. The summed E-state index contributed by atoms with van der Waals surface area (Å²) in [5.41, 5.74) is 9.53. The van der Waals surface area contributed by atoms with E-state index in [1.54, 1.807) is 0 Å². The highest BCUT2D eigenvalue weighted by Crippen LogP contribution is 2.14. The molecule has 1 N–H and O–H groups in total. The third-order valence-electron chi connectivity index (χ3n) is 2.27. The van der Waals surface area contributed by atoms with Gasteiger partial charge in [0.15, 0.2) is 0 Å². The number of benzene rings is 1.